The third-order valence-corrected chi connectivity index (χ3v) is 4.78. The summed E-state index contributed by atoms with van der Waals surface area (Å²) in [5.74, 6) is 0.0256. The van der Waals surface area contributed by atoms with Crippen molar-refractivity contribution < 1.29 is 4.79 Å². The van der Waals surface area contributed by atoms with Crippen LogP contribution in [0.25, 0.3) is 10.8 Å². The van der Waals surface area contributed by atoms with E-state index in [0.29, 0.717) is 17.0 Å². The molecule has 0 radical (unpaired) electrons. The molecule has 0 aliphatic rings. The second-order valence-corrected chi connectivity index (χ2v) is 6.07. The minimum atomic E-state index is 0.0256. The quantitative estimate of drug-likeness (QED) is 0.550. The van der Waals surface area contributed by atoms with Gasteiger partial charge in [-0.15, -0.1) is 0 Å². The number of carbonyl (C=O) groups is 1. The first-order chi connectivity index (χ1) is 10.2. The molecule has 3 aromatic carbocycles. The van der Waals surface area contributed by atoms with Crippen LogP contribution in [0.4, 0.5) is 0 Å². The Morgan fingerprint density at radius 3 is 2.52 bits per heavy atom. The molecule has 0 N–H and O–H groups in total. The smallest absolute Gasteiger partial charge is 0.168 e. The summed E-state index contributed by atoms with van der Waals surface area (Å²) in [6.45, 7) is 0. The molecule has 0 heterocycles. The minimum absolute atomic E-state index is 0.0256. The molecular formula is C18H12BrClO. The van der Waals surface area contributed by atoms with Crippen molar-refractivity contribution in [2.24, 2.45) is 0 Å². The van der Waals surface area contributed by atoms with Crippen LogP contribution >= 0.6 is 27.5 Å². The molecule has 0 bridgehead atoms. The standard InChI is InChI=1S/C18H12BrClO/c19-16-10-4-9-15(18(16)20)17(21)11-13-7-3-6-12-5-1-2-8-14(12)13/h1-10H,11H2. The highest BCUT2D eigenvalue weighted by atomic mass is 79.9. The minimum Gasteiger partial charge on any atom is -0.294 e. The number of rotatable bonds is 3. The number of ketones is 1. The summed E-state index contributed by atoms with van der Waals surface area (Å²) in [6.07, 6.45) is 0.345. The Labute approximate surface area is 136 Å². The van der Waals surface area contributed by atoms with Crippen molar-refractivity contribution in [1.29, 1.82) is 0 Å². The molecule has 21 heavy (non-hydrogen) atoms. The first-order valence-electron chi connectivity index (χ1n) is 6.60. The highest BCUT2D eigenvalue weighted by Crippen LogP contribution is 2.28. The maximum atomic E-state index is 12.5. The number of Topliss-reactive ketones (excluding diaryl/α,β-unsaturated/α-hetero) is 1. The predicted octanol–water partition coefficient (Wildman–Crippen LogP) is 5.68. The molecule has 0 atom stereocenters. The first kappa shape index (κ1) is 14.3. The van der Waals surface area contributed by atoms with E-state index in [2.05, 4.69) is 28.1 Å². The Morgan fingerprint density at radius 2 is 1.67 bits per heavy atom. The van der Waals surface area contributed by atoms with Gasteiger partial charge in [0.1, 0.15) is 0 Å². The van der Waals surface area contributed by atoms with E-state index in [1.165, 1.54) is 0 Å². The fourth-order valence-electron chi connectivity index (χ4n) is 2.43. The molecule has 3 rings (SSSR count). The van der Waals surface area contributed by atoms with Crippen molar-refractivity contribution in [3.63, 3.8) is 0 Å². The SMILES string of the molecule is O=C(Cc1cccc2ccccc12)c1cccc(Br)c1Cl. The Kier molecular flexibility index (Phi) is 4.09. The molecule has 0 amide bonds. The first-order valence-corrected chi connectivity index (χ1v) is 7.78. The Bertz CT molecular complexity index is 821. The maximum Gasteiger partial charge on any atom is 0.168 e. The van der Waals surface area contributed by atoms with Gasteiger partial charge in [0.05, 0.1) is 5.02 Å². The molecule has 0 spiro atoms. The van der Waals surface area contributed by atoms with Gasteiger partial charge in [0, 0.05) is 16.5 Å². The maximum absolute atomic E-state index is 12.5. The van der Waals surface area contributed by atoms with Gasteiger partial charge in [0.15, 0.2) is 5.78 Å². The van der Waals surface area contributed by atoms with E-state index < -0.39 is 0 Å². The zero-order valence-corrected chi connectivity index (χ0v) is 13.5. The summed E-state index contributed by atoms with van der Waals surface area (Å²) in [5, 5.41) is 2.73. The zero-order chi connectivity index (χ0) is 14.8. The molecular weight excluding hydrogens is 348 g/mol. The fraction of sp³-hybridized carbons (Fsp3) is 0.0556. The summed E-state index contributed by atoms with van der Waals surface area (Å²) < 4.78 is 0.743. The van der Waals surface area contributed by atoms with Crippen molar-refractivity contribution in [3.05, 3.63) is 81.3 Å². The van der Waals surface area contributed by atoms with Crippen molar-refractivity contribution in [2.45, 2.75) is 6.42 Å². The molecule has 104 valence electrons. The number of carbonyl (C=O) groups excluding carboxylic acids is 1. The van der Waals surface area contributed by atoms with Crippen LogP contribution in [-0.2, 0) is 6.42 Å². The van der Waals surface area contributed by atoms with E-state index >= 15 is 0 Å². The second-order valence-electron chi connectivity index (χ2n) is 4.84. The lowest BCUT2D eigenvalue weighted by molar-refractivity contribution is 0.0993. The molecule has 0 aromatic heterocycles. The lowest BCUT2D eigenvalue weighted by Gasteiger charge is -2.08. The second kappa shape index (κ2) is 6.00. The number of halogens is 2. The molecule has 0 unspecified atom stereocenters. The van der Waals surface area contributed by atoms with Crippen LogP contribution in [0.5, 0.6) is 0 Å². The summed E-state index contributed by atoms with van der Waals surface area (Å²) in [5.41, 5.74) is 1.58. The summed E-state index contributed by atoms with van der Waals surface area (Å²) in [4.78, 5) is 12.5. The topological polar surface area (TPSA) is 17.1 Å². The van der Waals surface area contributed by atoms with Gasteiger partial charge in [-0.2, -0.15) is 0 Å². The van der Waals surface area contributed by atoms with Gasteiger partial charge >= 0.3 is 0 Å². The molecule has 1 nitrogen and oxygen atoms in total. The van der Waals surface area contributed by atoms with E-state index in [1.807, 2.05) is 42.5 Å². The Hall–Kier alpha value is -1.64. The molecule has 0 aliphatic carbocycles. The van der Waals surface area contributed by atoms with Crippen LogP contribution in [0, 0.1) is 0 Å². The van der Waals surface area contributed by atoms with Crippen molar-refractivity contribution >= 4 is 44.1 Å². The van der Waals surface area contributed by atoms with Gasteiger partial charge in [-0.3, -0.25) is 4.79 Å². The largest absolute Gasteiger partial charge is 0.294 e. The van der Waals surface area contributed by atoms with Gasteiger partial charge < -0.3 is 0 Å². The van der Waals surface area contributed by atoms with Crippen LogP contribution in [0.2, 0.25) is 5.02 Å². The average molecular weight is 360 g/mol. The Morgan fingerprint density at radius 1 is 0.952 bits per heavy atom. The summed E-state index contributed by atoms with van der Waals surface area (Å²) >= 11 is 9.56. The van der Waals surface area contributed by atoms with Gasteiger partial charge in [0.25, 0.3) is 0 Å². The third-order valence-electron chi connectivity index (χ3n) is 3.48. The lowest BCUT2D eigenvalue weighted by Crippen LogP contribution is -2.05. The average Bonchev–Trinajstić information content (AvgIpc) is 2.50. The summed E-state index contributed by atoms with van der Waals surface area (Å²) in [6, 6.07) is 19.5. The van der Waals surface area contributed by atoms with E-state index in [-0.39, 0.29) is 5.78 Å². The van der Waals surface area contributed by atoms with Crippen molar-refractivity contribution in [1.82, 2.24) is 0 Å². The van der Waals surface area contributed by atoms with E-state index in [1.54, 1.807) is 6.07 Å². The predicted molar refractivity (Wildman–Crippen MR) is 91.1 cm³/mol. The number of benzene rings is 3. The van der Waals surface area contributed by atoms with Crippen molar-refractivity contribution in [3.8, 4) is 0 Å². The molecule has 0 saturated heterocycles. The van der Waals surface area contributed by atoms with Gasteiger partial charge in [0.2, 0.25) is 0 Å². The zero-order valence-electron chi connectivity index (χ0n) is 11.1. The Balaban J connectivity index is 1.99. The van der Waals surface area contributed by atoms with Crippen LogP contribution in [-0.4, -0.2) is 5.78 Å². The number of hydrogen-bond donors (Lipinski definition) is 0. The van der Waals surface area contributed by atoms with E-state index in [4.69, 9.17) is 11.6 Å². The highest BCUT2D eigenvalue weighted by Gasteiger charge is 2.14. The van der Waals surface area contributed by atoms with E-state index in [0.717, 1.165) is 20.8 Å². The normalized spacial score (nSPS) is 10.8. The van der Waals surface area contributed by atoms with Crippen LogP contribution in [0.3, 0.4) is 0 Å². The highest BCUT2D eigenvalue weighted by molar-refractivity contribution is 9.10. The van der Waals surface area contributed by atoms with Gasteiger partial charge in [-0.25, -0.2) is 0 Å². The van der Waals surface area contributed by atoms with Crippen LogP contribution < -0.4 is 0 Å². The van der Waals surface area contributed by atoms with Gasteiger partial charge in [-0.05, 0) is 44.4 Å². The molecule has 0 saturated carbocycles. The van der Waals surface area contributed by atoms with E-state index in [9.17, 15) is 4.79 Å². The molecule has 3 aromatic rings. The van der Waals surface area contributed by atoms with Gasteiger partial charge in [-0.1, -0.05) is 60.1 Å². The monoisotopic (exact) mass is 358 g/mol. The molecule has 0 aliphatic heterocycles. The number of fused-ring (bicyclic) bond motifs is 1. The van der Waals surface area contributed by atoms with Crippen LogP contribution in [0.15, 0.2) is 65.1 Å². The number of hydrogen-bond acceptors (Lipinski definition) is 1. The third kappa shape index (κ3) is 2.87. The lowest BCUT2D eigenvalue weighted by atomic mass is 9.98. The van der Waals surface area contributed by atoms with Crippen LogP contribution in [0.1, 0.15) is 15.9 Å². The van der Waals surface area contributed by atoms with Crippen molar-refractivity contribution in [2.75, 3.05) is 0 Å². The molecule has 0 fully saturated rings. The fourth-order valence-corrected chi connectivity index (χ4v) is 3.03. The molecule has 3 heteroatoms. The summed E-state index contributed by atoms with van der Waals surface area (Å²) in [7, 11) is 0.